The Labute approximate surface area is 181 Å². The van der Waals surface area contributed by atoms with Crippen molar-refractivity contribution in [2.75, 3.05) is 21.3 Å². The highest BCUT2D eigenvalue weighted by atomic mass is 16.6. The van der Waals surface area contributed by atoms with E-state index in [0.29, 0.717) is 22.8 Å². The molecule has 0 N–H and O–H groups in total. The molecule has 170 valence electrons. The zero-order valence-electron chi connectivity index (χ0n) is 19.4. The summed E-state index contributed by atoms with van der Waals surface area (Å²) in [6.07, 6.45) is 0. The Morgan fingerprint density at radius 3 is 1.71 bits per heavy atom. The number of benzene rings is 1. The first kappa shape index (κ1) is 24.0. The predicted molar refractivity (Wildman–Crippen MR) is 112 cm³/mol. The number of hydrogen-bond donors (Lipinski definition) is 0. The van der Waals surface area contributed by atoms with Crippen LogP contribution in [0.3, 0.4) is 0 Å². The topological polar surface area (TPSA) is 106 Å². The molecule has 0 aliphatic heterocycles. The Hall–Kier alpha value is -3.23. The molecule has 0 spiro atoms. The standard InChI is InChI=1S/C22H29NO8/c1-21(2,3)29-19(24)16-17(23-31-18(16)20(25)30-22(4,5)6)15-13(27-8)10-12(26-7)11-14(15)28-9/h10-11H,1-9H3. The zero-order valence-corrected chi connectivity index (χ0v) is 19.4. The van der Waals surface area contributed by atoms with Gasteiger partial charge in [-0.25, -0.2) is 9.59 Å². The monoisotopic (exact) mass is 435 g/mol. The highest BCUT2D eigenvalue weighted by molar-refractivity contribution is 6.06. The maximum absolute atomic E-state index is 13.1. The summed E-state index contributed by atoms with van der Waals surface area (Å²) in [5, 5.41) is 3.98. The van der Waals surface area contributed by atoms with Gasteiger partial charge in [-0.05, 0) is 41.5 Å². The molecule has 9 nitrogen and oxygen atoms in total. The first-order valence-corrected chi connectivity index (χ1v) is 9.58. The minimum Gasteiger partial charge on any atom is -0.496 e. The molecular formula is C22H29NO8. The molecule has 0 amide bonds. The third kappa shape index (κ3) is 5.68. The van der Waals surface area contributed by atoms with Crippen molar-refractivity contribution < 1.29 is 37.8 Å². The Balaban J connectivity index is 2.77. The Morgan fingerprint density at radius 2 is 1.29 bits per heavy atom. The molecule has 0 saturated carbocycles. The van der Waals surface area contributed by atoms with Crippen LogP contribution in [-0.2, 0) is 9.47 Å². The summed E-state index contributed by atoms with van der Waals surface area (Å²) in [6, 6.07) is 3.19. The van der Waals surface area contributed by atoms with Gasteiger partial charge in [0, 0.05) is 12.1 Å². The van der Waals surface area contributed by atoms with E-state index in [1.165, 1.54) is 21.3 Å². The summed E-state index contributed by atoms with van der Waals surface area (Å²) < 4.78 is 32.3. The largest absolute Gasteiger partial charge is 0.496 e. The molecule has 2 aromatic rings. The SMILES string of the molecule is COc1cc(OC)c(-c2noc(C(=O)OC(C)(C)C)c2C(=O)OC(C)(C)C)c(OC)c1. The van der Waals surface area contributed by atoms with E-state index in [4.69, 9.17) is 28.2 Å². The number of carbonyl (C=O) groups is 2. The number of rotatable bonds is 6. The summed E-state index contributed by atoms with van der Waals surface area (Å²) in [6.45, 7) is 10.2. The summed E-state index contributed by atoms with van der Waals surface area (Å²) in [7, 11) is 4.39. The zero-order chi connectivity index (χ0) is 23.6. The van der Waals surface area contributed by atoms with Crippen molar-refractivity contribution in [1.82, 2.24) is 5.16 Å². The van der Waals surface area contributed by atoms with E-state index >= 15 is 0 Å². The lowest BCUT2D eigenvalue weighted by molar-refractivity contribution is -0.00108. The fourth-order valence-corrected chi connectivity index (χ4v) is 2.68. The lowest BCUT2D eigenvalue weighted by atomic mass is 10.0. The molecule has 0 radical (unpaired) electrons. The molecular weight excluding hydrogens is 406 g/mol. The smallest absolute Gasteiger partial charge is 0.378 e. The van der Waals surface area contributed by atoms with Crippen molar-refractivity contribution in [1.29, 1.82) is 0 Å². The van der Waals surface area contributed by atoms with Crippen LogP contribution in [0.5, 0.6) is 17.2 Å². The van der Waals surface area contributed by atoms with Gasteiger partial charge >= 0.3 is 11.9 Å². The maximum atomic E-state index is 13.1. The second-order valence-electron chi connectivity index (χ2n) is 8.65. The van der Waals surface area contributed by atoms with Gasteiger partial charge in [0.25, 0.3) is 5.76 Å². The van der Waals surface area contributed by atoms with E-state index in [2.05, 4.69) is 5.16 Å². The van der Waals surface area contributed by atoms with Crippen LogP contribution in [0.15, 0.2) is 16.7 Å². The van der Waals surface area contributed by atoms with Crippen molar-refractivity contribution in [2.24, 2.45) is 0 Å². The molecule has 31 heavy (non-hydrogen) atoms. The summed E-state index contributed by atoms with van der Waals surface area (Å²) in [5.41, 5.74) is -1.52. The fraction of sp³-hybridized carbons (Fsp3) is 0.500. The van der Waals surface area contributed by atoms with Gasteiger partial charge in [0.2, 0.25) is 0 Å². The molecule has 0 fully saturated rings. The van der Waals surface area contributed by atoms with Crippen LogP contribution >= 0.6 is 0 Å². The van der Waals surface area contributed by atoms with Crippen LogP contribution in [0.4, 0.5) is 0 Å². The highest BCUT2D eigenvalue weighted by Gasteiger charge is 2.36. The van der Waals surface area contributed by atoms with Crippen LogP contribution in [-0.4, -0.2) is 49.6 Å². The second-order valence-corrected chi connectivity index (χ2v) is 8.65. The Kier molecular flexibility index (Phi) is 6.88. The van der Waals surface area contributed by atoms with Crippen molar-refractivity contribution in [3.05, 3.63) is 23.5 Å². The van der Waals surface area contributed by atoms with Crippen LogP contribution in [0.2, 0.25) is 0 Å². The maximum Gasteiger partial charge on any atom is 0.378 e. The summed E-state index contributed by atoms with van der Waals surface area (Å²) in [4.78, 5) is 25.9. The number of nitrogens with zero attached hydrogens (tertiary/aromatic N) is 1. The third-order valence-corrected chi connectivity index (χ3v) is 3.83. The van der Waals surface area contributed by atoms with E-state index in [1.807, 2.05) is 0 Å². The second kappa shape index (κ2) is 8.87. The molecule has 1 aromatic heterocycles. The average Bonchev–Trinajstić information content (AvgIpc) is 3.09. The summed E-state index contributed by atoms with van der Waals surface area (Å²) in [5.74, 6) is -0.968. The number of esters is 2. The summed E-state index contributed by atoms with van der Waals surface area (Å²) >= 11 is 0. The minimum atomic E-state index is -0.849. The van der Waals surface area contributed by atoms with Gasteiger partial charge < -0.3 is 28.2 Å². The quantitative estimate of drug-likeness (QED) is 0.615. The van der Waals surface area contributed by atoms with Crippen LogP contribution in [0.25, 0.3) is 11.3 Å². The first-order chi connectivity index (χ1) is 14.3. The van der Waals surface area contributed by atoms with E-state index in [-0.39, 0.29) is 17.0 Å². The minimum absolute atomic E-state index is 0.0199. The number of hydrogen-bond acceptors (Lipinski definition) is 9. The van der Waals surface area contributed by atoms with Gasteiger partial charge in [0.15, 0.2) is 0 Å². The number of carbonyl (C=O) groups excluding carboxylic acids is 2. The number of methoxy groups -OCH3 is 3. The van der Waals surface area contributed by atoms with E-state index in [1.54, 1.807) is 53.7 Å². The van der Waals surface area contributed by atoms with E-state index in [9.17, 15) is 9.59 Å². The van der Waals surface area contributed by atoms with Crippen molar-refractivity contribution in [3.63, 3.8) is 0 Å². The molecule has 1 aromatic carbocycles. The van der Waals surface area contributed by atoms with Gasteiger partial charge in [-0.2, -0.15) is 0 Å². The molecule has 0 unspecified atom stereocenters. The molecule has 0 aliphatic rings. The van der Waals surface area contributed by atoms with Gasteiger partial charge in [-0.1, -0.05) is 5.16 Å². The fourth-order valence-electron chi connectivity index (χ4n) is 2.68. The molecule has 0 saturated heterocycles. The van der Waals surface area contributed by atoms with Crippen molar-refractivity contribution in [2.45, 2.75) is 52.7 Å². The van der Waals surface area contributed by atoms with E-state index < -0.39 is 23.1 Å². The molecule has 9 heteroatoms. The van der Waals surface area contributed by atoms with Gasteiger partial charge in [-0.3, -0.25) is 0 Å². The molecule has 1 heterocycles. The van der Waals surface area contributed by atoms with E-state index in [0.717, 1.165) is 0 Å². The van der Waals surface area contributed by atoms with Crippen LogP contribution in [0.1, 0.15) is 62.5 Å². The van der Waals surface area contributed by atoms with Gasteiger partial charge in [0.1, 0.15) is 39.7 Å². The van der Waals surface area contributed by atoms with Crippen molar-refractivity contribution in [3.8, 4) is 28.5 Å². The lowest BCUT2D eigenvalue weighted by Gasteiger charge is -2.21. The molecule has 2 rings (SSSR count). The molecule has 0 bridgehead atoms. The van der Waals surface area contributed by atoms with Gasteiger partial charge in [0.05, 0.1) is 26.9 Å². The molecule has 0 aliphatic carbocycles. The number of aromatic nitrogens is 1. The Morgan fingerprint density at radius 1 is 0.806 bits per heavy atom. The Bertz CT molecular complexity index is 938. The first-order valence-electron chi connectivity index (χ1n) is 9.58. The predicted octanol–water partition coefficient (Wildman–Crippen LogP) is 4.28. The highest BCUT2D eigenvalue weighted by Crippen LogP contribution is 2.43. The third-order valence-electron chi connectivity index (χ3n) is 3.83. The van der Waals surface area contributed by atoms with Crippen LogP contribution < -0.4 is 14.2 Å². The van der Waals surface area contributed by atoms with Crippen LogP contribution in [0, 0.1) is 0 Å². The normalized spacial score (nSPS) is 11.6. The number of ether oxygens (including phenoxy) is 5. The average molecular weight is 435 g/mol. The van der Waals surface area contributed by atoms with Crippen molar-refractivity contribution >= 4 is 11.9 Å². The molecule has 0 atom stereocenters. The lowest BCUT2D eigenvalue weighted by Crippen LogP contribution is -2.27. The van der Waals surface area contributed by atoms with Gasteiger partial charge in [-0.15, -0.1) is 0 Å².